The van der Waals surface area contributed by atoms with Gasteiger partial charge < -0.3 is 10.4 Å². The Morgan fingerprint density at radius 3 is 2.68 bits per heavy atom. The van der Waals surface area contributed by atoms with Gasteiger partial charge in [0.05, 0.1) is 12.6 Å². The number of hydrogen-bond donors (Lipinski definition) is 2. The number of aliphatic hydroxyl groups excluding tert-OH is 1. The lowest BCUT2D eigenvalue weighted by molar-refractivity contribution is -0.122. The van der Waals surface area contributed by atoms with Crippen LogP contribution in [0, 0.1) is 5.92 Å². The summed E-state index contributed by atoms with van der Waals surface area (Å²) in [5.74, 6) is 0.371. The molecule has 2 rings (SSSR count). The van der Waals surface area contributed by atoms with Gasteiger partial charge in [-0.05, 0) is 43.8 Å². The van der Waals surface area contributed by atoms with Crippen LogP contribution in [0.5, 0.6) is 0 Å². The second kappa shape index (κ2) is 8.71. The molecule has 0 unspecified atom stereocenters. The first-order chi connectivity index (χ1) is 10.7. The average molecular weight is 302 g/mol. The predicted molar refractivity (Wildman–Crippen MR) is 88.5 cm³/mol. The maximum absolute atomic E-state index is 11.7. The largest absolute Gasteiger partial charge is 0.392 e. The maximum Gasteiger partial charge on any atom is 0.234 e. The minimum Gasteiger partial charge on any atom is -0.392 e. The molecule has 120 valence electrons. The molecule has 1 aromatic rings. The van der Waals surface area contributed by atoms with Crippen LogP contribution in [-0.4, -0.2) is 48.2 Å². The van der Waals surface area contributed by atoms with Gasteiger partial charge in [0.15, 0.2) is 0 Å². The highest BCUT2D eigenvalue weighted by molar-refractivity contribution is 5.78. The number of likely N-dealkylation sites (tertiary alicyclic amines) is 1. The first-order valence-corrected chi connectivity index (χ1v) is 8.01. The number of benzene rings is 1. The minimum atomic E-state index is -0.292. The molecule has 0 aromatic heterocycles. The number of nitrogens with one attached hydrogen (secondary N) is 1. The molecule has 2 N–H and O–H groups in total. The highest BCUT2D eigenvalue weighted by atomic mass is 16.3. The van der Waals surface area contributed by atoms with E-state index >= 15 is 0 Å². The molecule has 0 bridgehead atoms. The molecule has 1 aliphatic rings. The average Bonchev–Trinajstić information content (AvgIpc) is 2.54. The van der Waals surface area contributed by atoms with Gasteiger partial charge in [-0.25, -0.2) is 0 Å². The molecule has 1 fully saturated rings. The van der Waals surface area contributed by atoms with Gasteiger partial charge in [-0.15, -0.1) is 6.58 Å². The Morgan fingerprint density at radius 2 is 2.05 bits per heavy atom. The van der Waals surface area contributed by atoms with Gasteiger partial charge in [-0.3, -0.25) is 9.69 Å². The molecule has 0 spiro atoms. The van der Waals surface area contributed by atoms with E-state index in [1.54, 1.807) is 6.08 Å². The van der Waals surface area contributed by atoms with Crippen molar-refractivity contribution in [3.63, 3.8) is 0 Å². The van der Waals surface area contributed by atoms with Crippen LogP contribution in [0.1, 0.15) is 18.4 Å². The molecule has 1 saturated heterocycles. The second-order valence-corrected chi connectivity index (χ2v) is 5.96. The summed E-state index contributed by atoms with van der Waals surface area (Å²) < 4.78 is 0. The van der Waals surface area contributed by atoms with Gasteiger partial charge in [-0.1, -0.05) is 36.4 Å². The summed E-state index contributed by atoms with van der Waals surface area (Å²) in [6.45, 7) is 6.29. The Labute approximate surface area is 132 Å². The number of nitrogens with zero attached hydrogens (tertiary/aromatic N) is 1. The zero-order chi connectivity index (χ0) is 15.8. The summed E-state index contributed by atoms with van der Waals surface area (Å²) >= 11 is 0. The van der Waals surface area contributed by atoms with E-state index in [0.29, 0.717) is 25.4 Å². The number of carbonyl (C=O) groups excluding carboxylic acids is 1. The molecule has 1 heterocycles. The van der Waals surface area contributed by atoms with Crippen LogP contribution in [0.4, 0.5) is 0 Å². The van der Waals surface area contributed by atoms with Crippen molar-refractivity contribution >= 4 is 5.91 Å². The lowest BCUT2D eigenvalue weighted by atomic mass is 9.88. The van der Waals surface area contributed by atoms with E-state index in [2.05, 4.69) is 28.9 Å². The van der Waals surface area contributed by atoms with Crippen LogP contribution in [-0.2, 0) is 11.2 Å². The summed E-state index contributed by atoms with van der Waals surface area (Å²) in [4.78, 5) is 13.8. The molecule has 1 amide bonds. The summed E-state index contributed by atoms with van der Waals surface area (Å²) in [6, 6.07) is 10.1. The van der Waals surface area contributed by atoms with Crippen LogP contribution in [0.3, 0.4) is 0 Å². The Balaban J connectivity index is 1.72. The fourth-order valence-corrected chi connectivity index (χ4v) is 2.96. The van der Waals surface area contributed by atoms with Crippen molar-refractivity contribution in [1.29, 1.82) is 0 Å². The molecule has 22 heavy (non-hydrogen) atoms. The van der Waals surface area contributed by atoms with Crippen LogP contribution in [0.2, 0.25) is 0 Å². The van der Waals surface area contributed by atoms with Crippen LogP contribution in [0.15, 0.2) is 43.0 Å². The third-order valence-corrected chi connectivity index (χ3v) is 4.27. The van der Waals surface area contributed by atoms with E-state index in [1.165, 1.54) is 5.56 Å². The Morgan fingerprint density at radius 1 is 1.36 bits per heavy atom. The van der Waals surface area contributed by atoms with Crippen molar-refractivity contribution in [3.05, 3.63) is 48.6 Å². The molecule has 1 aromatic carbocycles. The third kappa shape index (κ3) is 5.28. The van der Waals surface area contributed by atoms with Gasteiger partial charge in [0, 0.05) is 6.54 Å². The Hall–Kier alpha value is -1.65. The van der Waals surface area contributed by atoms with E-state index in [0.717, 1.165) is 25.9 Å². The van der Waals surface area contributed by atoms with Crippen molar-refractivity contribution in [2.24, 2.45) is 5.92 Å². The van der Waals surface area contributed by atoms with E-state index in [1.807, 2.05) is 18.2 Å². The molecule has 1 atom stereocenters. The standard InChI is InChI=1S/C18H26N2O2/c1-2-10-19-18(22)14-20-11-8-16(9-12-20)17(21)13-15-6-4-3-5-7-15/h2-7,16-17,21H,1,8-14H2,(H,19,22)/t17-/m0/s1. The predicted octanol–water partition coefficient (Wildman–Crippen LogP) is 1.60. The summed E-state index contributed by atoms with van der Waals surface area (Å²) in [5, 5.41) is 13.2. The van der Waals surface area contributed by atoms with Crippen molar-refractivity contribution in [1.82, 2.24) is 10.2 Å². The van der Waals surface area contributed by atoms with Gasteiger partial charge >= 0.3 is 0 Å². The van der Waals surface area contributed by atoms with Gasteiger partial charge in [-0.2, -0.15) is 0 Å². The smallest absolute Gasteiger partial charge is 0.234 e. The maximum atomic E-state index is 11.7. The molecule has 4 heteroatoms. The number of hydrogen-bond acceptors (Lipinski definition) is 3. The molecule has 4 nitrogen and oxygen atoms in total. The Kier molecular flexibility index (Phi) is 6.62. The molecule has 1 aliphatic heterocycles. The SMILES string of the molecule is C=CCNC(=O)CN1CCC([C@@H](O)Cc2ccccc2)CC1. The monoisotopic (exact) mass is 302 g/mol. The highest BCUT2D eigenvalue weighted by Gasteiger charge is 2.26. The third-order valence-electron chi connectivity index (χ3n) is 4.27. The number of rotatable bonds is 7. The lowest BCUT2D eigenvalue weighted by Crippen LogP contribution is -2.43. The summed E-state index contributed by atoms with van der Waals surface area (Å²) in [7, 11) is 0. The zero-order valence-electron chi connectivity index (χ0n) is 13.1. The fraction of sp³-hybridized carbons (Fsp3) is 0.500. The molecular weight excluding hydrogens is 276 g/mol. The number of piperidine rings is 1. The summed E-state index contributed by atoms with van der Waals surface area (Å²) in [5.41, 5.74) is 1.18. The second-order valence-electron chi connectivity index (χ2n) is 5.96. The summed E-state index contributed by atoms with van der Waals surface area (Å²) in [6.07, 6.45) is 4.00. The zero-order valence-corrected chi connectivity index (χ0v) is 13.1. The minimum absolute atomic E-state index is 0.0446. The highest BCUT2D eigenvalue weighted by Crippen LogP contribution is 2.22. The van der Waals surface area contributed by atoms with Crippen LogP contribution >= 0.6 is 0 Å². The Bertz CT molecular complexity index is 467. The molecule has 0 radical (unpaired) electrons. The van der Waals surface area contributed by atoms with E-state index in [-0.39, 0.29) is 12.0 Å². The van der Waals surface area contributed by atoms with Crippen LogP contribution in [0.25, 0.3) is 0 Å². The molecule has 0 aliphatic carbocycles. The lowest BCUT2D eigenvalue weighted by Gasteiger charge is -2.33. The molecule has 0 saturated carbocycles. The fourth-order valence-electron chi connectivity index (χ4n) is 2.96. The first-order valence-electron chi connectivity index (χ1n) is 8.01. The van der Waals surface area contributed by atoms with Gasteiger partial charge in [0.25, 0.3) is 0 Å². The quantitative estimate of drug-likeness (QED) is 0.752. The van der Waals surface area contributed by atoms with Gasteiger partial charge in [0.2, 0.25) is 5.91 Å². The van der Waals surface area contributed by atoms with Crippen molar-refractivity contribution < 1.29 is 9.90 Å². The van der Waals surface area contributed by atoms with Crippen molar-refractivity contribution in [3.8, 4) is 0 Å². The normalized spacial score (nSPS) is 17.9. The topological polar surface area (TPSA) is 52.6 Å². The van der Waals surface area contributed by atoms with Crippen molar-refractivity contribution in [2.75, 3.05) is 26.2 Å². The molecular formula is C18H26N2O2. The van der Waals surface area contributed by atoms with E-state index < -0.39 is 0 Å². The van der Waals surface area contributed by atoms with E-state index in [4.69, 9.17) is 0 Å². The number of amides is 1. The van der Waals surface area contributed by atoms with E-state index in [9.17, 15) is 9.90 Å². The number of aliphatic hydroxyl groups is 1. The number of carbonyl (C=O) groups is 1. The first kappa shape index (κ1) is 16.7. The van der Waals surface area contributed by atoms with Crippen molar-refractivity contribution in [2.45, 2.75) is 25.4 Å². The van der Waals surface area contributed by atoms with Crippen LogP contribution < -0.4 is 5.32 Å². The van der Waals surface area contributed by atoms with Gasteiger partial charge in [0.1, 0.15) is 0 Å².